The number of nitrogens with zero attached hydrogens (tertiary/aromatic N) is 2. The number of sulfonamides is 1. The van der Waals surface area contributed by atoms with Crippen LogP contribution in [0.15, 0.2) is 41.6 Å². The molecule has 0 bridgehead atoms. The topological polar surface area (TPSA) is 110 Å². The van der Waals surface area contributed by atoms with Gasteiger partial charge in [0.2, 0.25) is 10.0 Å². The van der Waals surface area contributed by atoms with Crippen molar-refractivity contribution in [1.29, 1.82) is 0 Å². The Bertz CT molecular complexity index is 685. The molecule has 0 amide bonds. The number of hydrazine groups is 1. The molecule has 0 unspecified atom stereocenters. The van der Waals surface area contributed by atoms with E-state index in [1.54, 1.807) is 6.20 Å². The average Bonchev–Trinajstić information content (AvgIpc) is 2.46. The van der Waals surface area contributed by atoms with E-state index in [4.69, 9.17) is 5.84 Å². The van der Waals surface area contributed by atoms with Crippen molar-refractivity contribution in [2.75, 3.05) is 5.43 Å². The second-order valence-electron chi connectivity index (χ2n) is 4.13. The molecule has 0 saturated heterocycles. The summed E-state index contributed by atoms with van der Waals surface area (Å²) >= 11 is 0. The Morgan fingerprint density at radius 3 is 2.70 bits per heavy atom. The van der Waals surface area contributed by atoms with Crippen LogP contribution in [-0.2, 0) is 16.6 Å². The van der Waals surface area contributed by atoms with Gasteiger partial charge < -0.3 is 5.43 Å². The molecular weight excluding hydrogens is 278 g/mol. The third-order valence-corrected chi connectivity index (χ3v) is 4.07. The first-order valence-corrected chi connectivity index (χ1v) is 7.34. The van der Waals surface area contributed by atoms with Crippen molar-refractivity contribution in [3.05, 3.63) is 47.9 Å². The minimum Gasteiger partial charge on any atom is -0.307 e. The summed E-state index contributed by atoms with van der Waals surface area (Å²) in [5, 5.41) is 0. The van der Waals surface area contributed by atoms with E-state index in [2.05, 4.69) is 20.1 Å². The molecule has 4 N–H and O–H groups in total. The number of aryl methyl sites for hydroxylation is 1. The number of anilines is 1. The third-order valence-electron chi connectivity index (χ3n) is 2.64. The molecule has 2 aromatic heterocycles. The minimum atomic E-state index is -3.69. The van der Waals surface area contributed by atoms with Gasteiger partial charge in [-0.1, -0.05) is 6.07 Å². The maximum atomic E-state index is 12.2. The molecule has 0 aliphatic heterocycles. The SMILES string of the molecule is Cc1ccc(CNS(=O)(=O)c2cccnc2NN)cn1. The lowest BCUT2D eigenvalue weighted by Gasteiger charge is -2.10. The van der Waals surface area contributed by atoms with Gasteiger partial charge in [-0.05, 0) is 30.7 Å². The molecular formula is C12H15N5O2S. The fourth-order valence-electron chi connectivity index (χ4n) is 1.57. The van der Waals surface area contributed by atoms with E-state index in [0.717, 1.165) is 11.3 Å². The number of hydrogen-bond acceptors (Lipinski definition) is 6. The van der Waals surface area contributed by atoms with Gasteiger partial charge in [0.25, 0.3) is 0 Å². The summed E-state index contributed by atoms with van der Waals surface area (Å²) in [6, 6.07) is 6.59. The summed E-state index contributed by atoms with van der Waals surface area (Å²) in [7, 11) is -3.69. The number of nitrogen functional groups attached to an aromatic ring is 1. The van der Waals surface area contributed by atoms with Gasteiger partial charge in [-0.3, -0.25) is 4.98 Å². The lowest BCUT2D eigenvalue weighted by atomic mass is 10.2. The summed E-state index contributed by atoms with van der Waals surface area (Å²) in [5.74, 6) is 5.36. The maximum absolute atomic E-state index is 12.2. The average molecular weight is 293 g/mol. The Morgan fingerprint density at radius 1 is 1.25 bits per heavy atom. The van der Waals surface area contributed by atoms with Crippen molar-refractivity contribution in [3.63, 3.8) is 0 Å². The molecule has 2 heterocycles. The van der Waals surface area contributed by atoms with Crippen molar-refractivity contribution < 1.29 is 8.42 Å². The number of pyridine rings is 2. The van der Waals surface area contributed by atoms with E-state index in [0.29, 0.717) is 0 Å². The van der Waals surface area contributed by atoms with Gasteiger partial charge in [-0.2, -0.15) is 0 Å². The zero-order valence-corrected chi connectivity index (χ0v) is 11.7. The van der Waals surface area contributed by atoms with Crippen LogP contribution in [0.5, 0.6) is 0 Å². The van der Waals surface area contributed by atoms with Crippen LogP contribution in [0.1, 0.15) is 11.3 Å². The Labute approximate surface area is 117 Å². The maximum Gasteiger partial charge on any atom is 0.244 e. The van der Waals surface area contributed by atoms with Crippen LogP contribution in [0, 0.1) is 6.92 Å². The molecule has 0 aliphatic carbocycles. The van der Waals surface area contributed by atoms with Gasteiger partial charge in [-0.15, -0.1) is 0 Å². The largest absolute Gasteiger partial charge is 0.307 e. The van der Waals surface area contributed by atoms with Crippen molar-refractivity contribution in [3.8, 4) is 0 Å². The van der Waals surface area contributed by atoms with Crippen molar-refractivity contribution >= 4 is 15.8 Å². The van der Waals surface area contributed by atoms with Gasteiger partial charge in [-0.25, -0.2) is 24.0 Å². The van der Waals surface area contributed by atoms with Gasteiger partial charge in [0.1, 0.15) is 4.90 Å². The number of rotatable bonds is 5. The van der Waals surface area contributed by atoms with Crippen LogP contribution in [0.4, 0.5) is 5.82 Å². The van der Waals surface area contributed by atoms with Crippen LogP contribution in [0.2, 0.25) is 0 Å². The molecule has 0 aliphatic rings. The lowest BCUT2D eigenvalue weighted by Crippen LogP contribution is -2.25. The highest BCUT2D eigenvalue weighted by molar-refractivity contribution is 7.89. The Morgan fingerprint density at radius 2 is 2.05 bits per heavy atom. The summed E-state index contributed by atoms with van der Waals surface area (Å²) in [5.41, 5.74) is 3.91. The molecule has 20 heavy (non-hydrogen) atoms. The van der Waals surface area contributed by atoms with Gasteiger partial charge in [0.15, 0.2) is 5.82 Å². The summed E-state index contributed by atoms with van der Waals surface area (Å²) in [6.07, 6.45) is 3.08. The lowest BCUT2D eigenvalue weighted by molar-refractivity contribution is 0.581. The van der Waals surface area contributed by atoms with Gasteiger partial charge >= 0.3 is 0 Å². The predicted molar refractivity (Wildman–Crippen MR) is 75.0 cm³/mol. The molecule has 7 nitrogen and oxygen atoms in total. The molecule has 0 spiro atoms. The van der Waals surface area contributed by atoms with Crippen LogP contribution in [0.25, 0.3) is 0 Å². The molecule has 2 rings (SSSR count). The van der Waals surface area contributed by atoms with E-state index in [1.165, 1.54) is 18.3 Å². The number of hydrogen-bond donors (Lipinski definition) is 3. The van der Waals surface area contributed by atoms with Gasteiger partial charge in [0, 0.05) is 24.6 Å². The van der Waals surface area contributed by atoms with E-state index in [-0.39, 0.29) is 17.3 Å². The Hall–Kier alpha value is -2.03. The highest BCUT2D eigenvalue weighted by Gasteiger charge is 2.18. The van der Waals surface area contributed by atoms with Gasteiger partial charge in [0.05, 0.1) is 0 Å². The fraction of sp³-hybridized carbons (Fsp3) is 0.167. The second-order valence-corrected chi connectivity index (χ2v) is 5.86. The first-order valence-electron chi connectivity index (χ1n) is 5.86. The monoisotopic (exact) mass is 293 g/mol. The second kappa shape index (κ2) is 5.95. The van der Waals surface area contributed by atoms with E-state index >= 15 is 0 Å². The smallest absolute Gasteiger partial charge is 0.244 e. The number of aromatic nitrogens is 2. The van der Waals surface area contributed by atoms with Crippen molar-refractivity contribution in [2.45, 2.75) is 18.4 Å². The van der Waals surface area contributed by atoms with Crippen molar-refractivity contribution in [1.82, 2.24) is 14.7 Å². The molecule has 2 aromatic rings. The minimum absolute atomic E-state index is 0.00238. The standard InChI is InChI=1S/C12H15N5O2S/c1-9-4-5-10(7-15-9)8-16-20(18,19)11-3-2-6-14-12(11)17-13/h2-7,16H,8,13H2,1H3,(H,14,17). The number of nitrogens with two attached hydrogens (primary N) is 1. The molecule has 8 heteroatoms. The molecule has 0 fully saturated rings. The molecule has 0 atom stereocenters. The number of nitrogens with one attached hydrogen (secondary N) is 2. The first kappa shape index (κ1) is 14.4. The highest BCUT2D eigenvalue weighted by Crippen LogP contribution is 2.16. The fourth-order valence-corrected chi connectivity index (χ4v) is 2.71. The molecule has 0 saturated carbocycles. The highest BCUT2D eigenvalue weighted by atomic mass is 32.2. The zero-order valence-electron chi connectivity index (χ0n) is 10.9. The summed E-state index contributed by atoms with van der Waals surface area (Å²) < 4.78 is 26.9. The molecule has 106 valence electrons. The quantitative estimate of drug-likeness (QED) is 0.548. The van der Waals surface area contributed by atoms with E-state index in [1.807, 2.05) is 19.1 Å². The molecule has 0 radical (unpaired) electrons. The van der Waals surface area contributed by atoms with Crippen LogP contribution in [-0.4, -0.2) is 18.4 Å². The zero-order chi connectivity index (χ0) is 14.6. The Kier molecular flexibility index (Phi) is 4.28. The van der Waals surface area contributed by atoms with Crippen LogP contribution in [0.3, 0.4) is 0 Å². The van der Waals surface area contributed by atoms with E-state index < -0.39 is 10.0 Å². The normalized spacial score (nSPS) is 11.3. The van der Waals surface area contributed by atoms with Crippen molar-refractivity contribution in [2.24, 2.45) is 5.84 Å². The summed E-state index contributed by atoms with van der Waals surface area (Å²) in [4.78, 5) is 7.97. The third kappa shape index (κ3) is 3.29. The Balaban J connectivity index is 2.17. The van der Waals surface area contributed by atoms with Crippen LogP contribution >= 0.6 is 0 Å². The van der Waals surface area contributed by atoms with Crippen LogP contribution < -0.4 is 16.0 Å². The predicted octanol–water partition coefficient (Wildman–Crippen LogP) is 0.549. The van der Waals surface area contributed by atoms with E-state index in [9.17, 15) is 8.42 Å². The molecule has 0 aromatic carbocycles. The summed E-state index contributed by atoms with van der Waals surface area (Å²) in [6.45, 7) is 2.01. The first-order chi connectivity index (χ1) is 9.53.